The maximum Gasteiger partial charge on any atom is 0.0518 e. The molecule has 0 aromatic carbocycles. The summed E-state index contributed by atoms with van der Waals surface area (Å²) in [4.78, 5) is 0. The number of hydrogen-bond acceptors (Lipinski definition) is 2. The largest absolute Gasteiger partial charge is 0.379 e. The Bertz CT molecular complexity index is 155. The van der Waals surface area contributed by atoms with Crippen molar-refractivity contribution in [2.24, 2.45) is 11.8 Å². The van der Waals surface area contributed by atoms with E-state index in [0.29, 0.717) is 12.1 Å². The van der Waals surface area contributed by atoms with Crippen molar-refractivity contribution in [3.05, 3.63) is 0 Å². The smallest absolute Gasteiger partial charge is 0.0518 e. The van der Waals surface area contributed by atoms with Crippen LogP contribution in [0.25, 0.3) is 0 Å². The van der Waals surface area contributed by atoms with Crippen LogP contribution in [0.15, 0.2) is 0 Å². The average molecular weight is 229 g/mol. The molecule has 0 heterocycles. The minimum atomic E-state index is 0.359. The summed E-state index contributed by atoms with van der Waals surface area (Å²) in [5, 5.41) is 3.53. The molecule has 0 saturated carbocycles. The van der Waals surface area contributed by atoms with Crippen LogP contribution in [0, 0.1) is 11.8 Å². The molecule has 0 saturated heterocycles. The Kier molecular flexibility index (Phi) is 8.96. The van der Waals surface area contributed by atoms with Gasteiger partial charge in [0.1, 0.15) is 0 Å². The van der Waals surface area contributed by atoms with Gasteiger partial charge in [-0.05, 0) is 45.1 Å². The second-order valence-electron chi connectivity index (χ2n) is 5.77. The monoisotopic (exact) mass is 229 g/mol. The Labute approximate surface area is 102 Å². The Hall–Kier alpha value is -0.0800. The second kappa shape index (κ2) is 9.00. The fourth-order valence-corrected chi connectivity index (χ4v) is 1.84. The molecule has 0 aliphatic heterocycles. The van der Waals surface area contributed by atoms with Crippen molar-refractivity contribution in [3.8, 4) is 0 Å². The SMILES string of the molecule is CC(C)CC(CCOC(C)C)CNC(C)C. The standard InChI is InChI=1S/C14H31NO/c1-11(2)9-14(10-15-12(3)4)7-8-16-13(5)6/h11-15H,7-10H2,1-6H3. The van der Waals surface area contributed by atoms with Gasteiger partial charge in [-0.15, -0.1) is 0 Å². The molecule has 0 aromatic rings. The van der Waals surface area contributed by atoms with Crippen LogP contribution in [0.5, 0.6) is 0 Å². The van der Waals surface area contributed by atoms with Crippen molar-refractivity contribution in [3.63, 3.8) is 0 Å². The molecule has 2 nitrogen and oxygen atoms in total. The quantitative estimate of drug-likeness (QED) is 0.654. The Morgan fingerprint density at radius 2 is 1.62 bits per heavy atom. The summed E-state index contributed by atoms with van der Waals surface area (Å²) in [6.45, 7) is 15.2. The molecule has 0 rings (SSSR count). The molecule has 0 radical (unpaired) electrons. The fourth-order valence-electron chi connectivity index (χ4n) is 1.84. The van der Waals surface area contributed by atoms with Gasteiger partial charge in [-0.3, -0.25) is 0 Å². The van der Waals surface area contributed by atoms with Gasteiger partial charge in [0.25, 0.3) is 0 Å². The summed E-state index contributed by atoms with van der Waals surface area (Å²) in [5.41, 5.74) is 0. The zero-order valence-corrected chi connectivity index (χ0v) is 12.0. The lowest BCUT2D eigenvalue weighted by Crippen LogP contribution is -2.30. The van der Waals surface area contributed by atoms with Gasteiger partial charge in [0.05, 0.1) is 6.10 Å². The summed E-state index contributed by atoms with van der Waals surface area (Å²) in [6, 6.07) is 0.584. The van der Waals surface area contributed by atoms with E-state index in [1.807, 2.05) is 0 Å². The average Bonchev–Trinajstić information content (AvgIpc) is 2.12. The first kappa shape index (κ1) is 15.9. The molecular weight excluding hydrogens is 198 g/mol. The van der Waals surface area contributed by atoms with Gasteiger partial charge in [-0.2, -0.15) is 0 Å². The van der Waals surface area contributed by atoms with E-state index >= 15 is 0 Å². The fraction of sp³-hybridized carbons (Fsp3) is 1.00. The summed E-state index contributed by atoms with van der Waals surface area (Å²) < 4.78 is 5.63. The topological polar surface area (TPSA) is 21.3 Å². The van der Waals surface area contributed by atoms with E-state index < -0.39 is 0 Å². The highest BCUT2D eigenvalue weighted by molar-refractivity contribution is 4.66. The predicted octanol–water partition coefficient (Wildman–Crippen LogP) is 3.46. The van der Waals surface area contributed by atoms with Gasteiger partial charge < -0.3 is 10.1 Å². The number of ether oxygens (including phenoxy) is 1. The van der Waals surface area contributed by atoms with Crippen molar-refractivity contribution in [2.75, 3.05) is 13.2 Å². The van der Waals surface area contributed by atoms with Crippen LogP contribution in [0.3, 0.4) is 0 Å². The predicted molar refractivity (Wildman–Crippen MR) is 71.8 cm³/mol. The number of nitrogens with one attached hydrogen (secondary N) is 1. The molecule has 1 atom stereocenters. The molecule has 16 heavy (non-hydrogen) atoms. The van der Waals surface area contributed by atoms with Crippen LogP contribution in [0.4, 0.5) is 0 Å². The number of hydrogen-bond donors (Lipinski definition) is 1. The van der Waals surface area contributed by atoms with Crippen molar-refractivity contribution >= 4 is 0 Å². The molecule has 0 fully saturated rings. The first-order valence-electron chi connectivity index (χ1n) is 6.76. The van der Waals surface area contributed by atoms with Crippen LogP contribution in [0.1, 0.15) is 54.4 Å². The Morgan fingerprint density at radius 1 is 1.00 bits per heavy atom. The molecular formula is C14H31NO. The van der Waals surface area contributed by atoms with E-state index in [2.05, 4.69) is 46.9 Å². The van der Waals surface area contributed by atoms with Gasteiger partial charge in [0.15, 0.2) is 0 Å². The number of rotatable bonds is 9. The van der Waals surface area contributed by atoms with Crippen LogP contribution >= 0.6 is 0 Å². The first-order valence-corrected chi connectivity index (χ1v) is 6.76. The van der Waals surface area contributed by atoms with Gasteiger partial charge in [0, 0.05) is 12.6 Å². The second-order valence-corrected chi connectivity index (χ2v) is 5.77. The van der Waals surface area contributed by atoms with Crippen molar-refractivity contribution in [2.45, 2.75) is 66.5 Å². The molecule has 2 heteroatoms. The molecule has 0 aromatic heterocycles. The zero-order chi connectivity index (χ0) is 12.6. The molecule has 0 spiro atoms. The highest BCUT2D eigenvalue weighted by Gasteiger charge is 2.11. The third kappa shape index (κ3) is 10.4. The first-order chi connectivity index (χ1) is 7.41. The van der Waals surface area contributed by atoms with Crippen LogP contribution < -0.4 is 5.32 Å². The zero-order valence-electron chi connectivity index (χ0n) is 12.0. The van der Waals surface area contributed by atoms with Gasteiger partial charge in [0.2, 0.25) is 0 Å². The summed E-state index contributed by atoms with van der Waals surface area (Å²) in [7, 11) is 0. The lowest BCUT2D eigenvalue weighted by atomic mass is 9.94. The lowest BCUT2D eigenvalue weighted by molar-refractivity contribution is 0.0662. The van der Waals surface area contributed by atoms with E-state index in [4.69, 9.17) is 4.74 Å². The van der Waals surface area contributed by atoms with E-state index in [0.717, 1.165) is 25.0 Å². The van der Waals surface area contributed by atoms with Gasteiger partial charge in [-0.1, -0.05) is 27.7 Å². The molecule has 0 aliphatic carbocycles. The minimum absolute atomic E-state index is 0.359. The Balaban J connectivity index is 3.81. The van der Waals surface area contributed by atoms with E-state index in [1.54, 1.807) is 0 Å². The van der Waals surface area contributed by atoms with Crippen molar-refractivity contribution in [1.29, 1.82) is 0 Å². The van der Waals surface area contributed by atoms with Crippen LogP contribution in [-0.2, 0) is 4.74 Å². The van der Waals surface area contributed by atoms with Gasteiger partial charge >= 0.3 is 0 Å². The summed E-state index contributed by atoms with van der Waals surface area (Å²) in [5.74, 6) is 1.53. The molecule has 0 aliphatic rings. The maximum absolute atomic E-state index is 5.63. The molecule has 1 N–H and O–H groups in total. The maximum atomic E-state index is 5.63. The van der Waals surface area contributed by atoms with Crippen molar-refractivity contribution in [1.82, 2.24) is 5.32 Å². The third-order valence-electron chi connectivity index (χ3n) is 2.60. The molecule has 0 bridgehead atoms. The van der Waals surface area contributed by atoms with Crippen LogP contribution in [-0.4, -0.2) is 25.3 Å². The normalized spacial score (nSPS) is 14.1. The third-order valence-corrected chi connectivity index (χ3v) is 2.60. The van der Waals surface area contributed by atoms with E-state index in [9.17, 15) is 0 Å². The minimum Gasteiger partial charge on any atom is -0.379 e. The van der Waals surface area contributed by atoms with E-state index in [1.165, 1.54) is 12.8 Å². The van der Waals surface area contributed by atoms with Crippen molar-refractivity contribution < 1.29 is 4.74 Å². The van der Waals surface area contributed by atoms with E-state index in [-0.39, 0.29) is 0 Å². The van der Waals surface area contributed by atoms with Crippen LogP contribution in [0.2, 0.25) is 0 Å². The lowest BCUT2D eigenvalue weighted by Gasteiger charge is -2.21. The molecule has 0 amide bonds. The molecule has 98 valence electrons. The summed E-state index contributed by atoms with van der Waals surface area (Å²) in [6.07, 6.45) is 2.83. The Morgan fingerprint density at radius 3 is 2.06 bits per heavy atom. The summed E-state index contributed by atoms with van der Waals surface area (Å²) >= 11 is 0. The highest BCUT2D eigenvalue weighted by Crippen LogP contribution is 2.15. The van der Waals surface area contributed by atoms with Gasteiger partial charge in [-0.25, -0.2) is 0 Å². The molecule has 1 unspecified atom stereocenters. The highest BCUT2D eigenvalue weighted by atomic mass is 16.5.